The number of amides is 2. The minimum Gasteiger partial charge on any atom is -0.480 e. The molecule has 3 aromatic rings. The van der Waals surface area contributed by atoms with E-state index in [1.54, 1.807) is 60.5 Å². The van der Waals surface area contributed by atoms with E-state index in [0.29, 0.717) is 17.1 Å². The number of aromatic nitrogens is 4. The summed E-state index contributed by atoms with van der Waals surface area (Å²) in [6, 6.07) is 13.4. The normalized spacial score (nSPS) is 9.97. The third-order valence-electron chi connectivity index (χ3n) is 3.77. The maximum absolute atomic E-state index is 12.2. The summed E-state index contributed by atoms with van der Waals surface area (Å²) in [7, 11) is 1.68. The van der Waals surface area contributed by atoms with Crippen LogP contribution < -0.4 is 15.5 Å². The zero-order valence-corrected chi connectivity index (χ0v) is 17.4. The quantitative estimate of drug-likeness (QED) is 0.298. The summed E-state index contributed by atoms with van der Waals surface area (Å²) >= 11 is 5.06. The standard InChI is InChI=1S/C17H17N7O3S.Ag/c1-23(10-15(25)26)13-7-5-11(6-8-13)18-16(27)19-12-3-2-4-14(9-12)24-17(28)20-21-22-24;/h2-9H,10H2,1H3,(H,25,26)(H2,18,19,27)(H,20,22,28);. The number of carboxylic acid groups (broad SMARTS) is 1. The zero-order valence-electron chi connectivity index (χ0n) is 15.1. The molecule has 0 spiro atoms. The molecule has 1 aromatic heterocycles. The third kappa shape index (κ3) is 5.99. The first-order valence-electron chi connectivity index (χ1n) is 8.14. The van der Waals surface area contributed by atoms with Crippen molar-refractivity contribution in [3.05, 3.63) is 53.3 Å². The van der Waals surface area contributed by atoms with Gasteiger partial charge in [-0.15, -0.1) is 0 Å². The van der Waals surface area contributed by atoms with Gasteiger partial charge in [0.1, 0.15) is 6.54 Å². The third-order valence-corrected chi connectivity index (χ3v) is 4.04. The number of carboxylic acids is 1. The van der Waals surface area contributed by atoms with Crippen LogP contribution in [0.25, 0.3) is 5.69 Å². The van der Waals surface area contributed by atoms with Crippen molar-refractivity contribution in [3.8, 4) is 5.69 Å². The van der Waals surface area contributed by atoms with Gasteiger partial charge in [-0.3, -0.25) is 4.79 Å². The molecule has 155 valence electrons. The molecule has 0 unspecified atom stereocenters. The van der Waals surface area contributed by atoms with Gasteiger partial charge in [-0.25, -0.2) is 9.48 Å². The molecule has 0 aliphatic rings. The number of carbonyl (C=O) groups excluding carboxylic acids is 1. The number of nitrogens with one attached hydrogen (secondary N) is 3. The van der Waals surface area contributed by atoms with Crippen molar-refractivity contribution in [1.82, 2.24) is 20.2 Å². The number of nitrogens with zero attached hydrogens (tertiary/aromatic N) is 4. The van der Waals surface area contributed by atoms with Crippen LogP contribution in [0.15, 0.2) is 48.5 Å². The van der Waals surface area contributed by atoms with Crippen LogP contribution in [-0.4, -0.2) is 50.9 Å². The molecule has 0 saturated carbocycles. The molecule has 1 heterocycles. The number of likely N-dealkylation sites (N-methyl/N-ethyl adjacent to an activating group) is 1. The van der Waals surface area contributed by atoms with E-state index < -0.39 is 12.0 Å². The summed E-state index contributed by atoms with van der Waals surface area (Å²) in [5, 5.41) is 24.3. The summed E-state index contributed by atoms with van der Waals surface area (Å²) in [4.78, 5) is 24.6. The van der Waals surface area contributed by atoms with E-state index >= 15 is 0 Å². The van der Waals surface area contributed by atoms with Crippen molar-refractivity contribution in [2.75, 3.05) is 29.1 Å². The van der Waals surface area contributed by atoms with Crippen molar-refractivity contribution in [2.45, 2.75) is 0 Å². The molecule has 2 aromatic carbocycles. The Morgan fingerprint density at radius 1 is 1.17 bits per heavy atom. The minimum atomic E-state index is -0.918. The number of benzene rings is 2. The fourth-order valence-electron chi connectivity index (χ4n) is 2.48. The van der Waals surface area contributed by atoms with Crippen LogP contribution >= 0.6 is 12.2 Å². The largest absolute Gasteiger partial charge is 0.480 e. The first-order chi connectivity index (χ1) is 13.4. The molecule has 12 heteroatoms. The molecule has 3 rings (SSSR count). The van der Waals surface area contributed by atoms with Crippen molar-refractivity contribution in [1.29, 1.82) is 0 Å². The molecule has 10 nitrogen and oxygen atoms in total. The number of anilines is 3. The average molecular weight is 507 g/mol. The smallest absolute Gasteiger partial charge is 0.323 e. The Kier molecular flexibility index (Phi) is 7.67. The maximum atomic E-state index is 12.2. The number of hydrogen-bond acceptors (Lipinski definition) is 6. The SMILES string of the molecule is CN(CC(=O)O)c1ccc(NC(=O)Nc2cccc(-n3[nH]nnc3=S)c2)cc1.[Ag]. The molecule has 2 amide bonds. The Balaban J connectivity index is 0.00000300. The van der Waals surface area contributed by atoms with Crippen molar-refractivity contribution >= 4 is 41.3 Å². The molecular formula is C17H17AgN7O3S. The molecule has 0 saturated heterocycles. The van der Waals surface area contributed by atoms with Crippen molar-refractivity contribution in [3.63, 3.8) is 0 Å². The fourth-order valence-corrected chi connectivity index (χ4v) is 2.66. The Labute approximate surface area is 186 Å². The van der Waals surface area contributed by atoms with Crippen LogP contribution in [0, 0.1) is 4.77 Å². The number of H-pyrrole nitrogens is 1. The van der Waals surface area contributed by atoms with Crippen LogP contribution in [0.3, 0.4) is 0 Å². The van der Waals surface area contributed by atoms with Gasteiger partial charge in [0, 0.05) is 46.5 Å². The molecule has 0 aliphatic carbocycles. The Bertz CT molecular complexity index is 1050. The second-order valence-electron chi connectivity index (χ2n) is 5.84. The number of tetrazole rings is 1. The van der Waals surface area contributed by atoms with Gasteiger partial charge in [-0.05, 0) is 54.7 Å². The number of hydrogen-bond donors (Lipinski definition) is 4. The predicted octanol–water partition coefficient (Wildman–Crippen LogP) is 2.49. The number of rotatable bonds is 6. The second kappa shape index (κ2) is 9.98. The molecule has 0 fully saturated rings. The van der Waals surface area contributed by atoms with Crippen LogP contribution in [0.1, 0.15) is 0 Å². The summed E-state index contributed by atoms with van der Waals surface area (Å²) in [5.41, 5.74) is 2.54. The van der Waals surface area contributed by atoms with E-state index in [9.17, 15) is 9.59 Å². The van der Waals surface area contributed by atoms with Gasteiger partial charge in [-0.1, -0.05) is 16.4 Å². The first kappa shape index (κ1) is 22.3. The van der Waals surface area contributed by atoms with Gasteiger partial charge in [0.2, 0.25) is 4.77 Å². The number of urea groups is 1. The summed E-state index contributed by atoms with van der Waals surface area (Å²) in [6.07, 6.45) is 0. The molecule has 1 radical (unpaired) electrons. The molecule has 29 heavy (non-hydrogen) atoms. The average Bonchev–Trinajstić information content (AvgIpc) is 3.08. The van der Waals surface area contributed by atoms with Gasteiger partial charge in [0.15, 0.2) is 0 Å². The van der Waals surface area contributed by atoms with Crippen LogP contribution in [0.4, 0.5) is 21.9 Å². The summed E-state index contributed by atoms with van der Waals surface area (Å²) in [6.45, 7) is -0.112. The van der Waals surface area contributed by atoms with Gasteiger partial charge in [0.05, 0.1) is 5.69 Å². The van der Waals surface area contributed by atoms with Gasteiger partial charge < -0.3 is 20.6 Å². The predicted molar refractivity (Wildman–Crippen MR) is 107 cm³/mol. The maximum Gasteiger partial charge on any atom is 0.323 e. The van der Waals surface area contributed by atoms with Crippen LogP contribution in [0.5, 0.6) is 0 Å². The minimum absolute atomic E-state index is 0. The summed E-state index contributed by atoms with van der Waals surface area (Å²) < 4.78 is 1.78. The van der Waals surface area contributed by atoms with E-state index in [4.69, 9.17) is 17.3 Å². The Morgan fingerprint density at radius 3 is 2.48 bits per heavy atom. The summed E-state index contributed by atoms with van der Waals surface area (Å²) in [5.74, 6) is -0.918. The number of aliphatic carboxylic acids is 1. The topological polar surface area (TPSA) is 128 Å². The number of aromatic amines is 1. The second-order valence-corrected chi connectivity index (χ2v) is 6.21. The van der Waals surface area contributed by atoms with Gasteiger partial charge >= 0.3 is 12.0 Å². The van der Waals surface area contributed by atoms with Crippen LogP contribution in [-0.2, 0) is 27.2 Å². The molecule has 4 N–H and O–H groups in total. The first-order valence-corrected chi connectivity index (χ1v) is 8.55. The molecular weight excluding hydrogens is 490 g/mol. The number of carbonyl (C=O) groups is 2. The monoisotopic (exact) mass is 506 g/mol. The van der Waals surface area contributed by atoms with E-state index in [1.807, 2.05) is 0 Å². The van der Waals surface area contributed by atoms with Gasteiger partial charge in [-0.2, -0.15) is 5.21 Å². The van der Waals surface area contributed by atoms with Crippen molar-refractivity contribution in [2.24, 2.45) is 0 Å². The van der Waals surface area contributed by atoms with E-state index in [2.05, 4.69) is 26.2 Å². The van der Waals surface area contributed by atoms with Crippen LogP contribution in [0.2, 0.25) is 0 Å². The van der Waals surface area contributed by atoms with E-state index in [-0.39, 0.29) is 33.7 Å². The molecule has 0 aliphatic heterocycles. The molecule has 0 atom stereocenters. The fraction of sp³-hybridized carbons (Fsp3) is 0.118. The van der Waals surface area contributed by atoms with E-state index in [1.165, 1.54) is 4.68 Å². The van der Waals surface area contributed by atoms with Gasteiger partial charge in [0.25, 0.3) is 0 Å². The Hall–Kier alpha value is -2.99. The van der Waals surface area contributed by atoms with Crippen molar-refractivity contribution < 1.29 is 37.1 Å². The Morgan fingerprint density at radius 2 is 1.86 bits per heavy atom. The molecule has 0 bridgehead atoms. The zero-order chi connectivity index (χ0) is 20.1. The van der Waals surface area contributed by atoms with E-state index in [0.717, 1.165) is 5.69 Å².